The third-order valence-electron chi connectivity index (χ3n) is 4.45. The molecule has 0 atom stereocenters. The quantitative estimate of drug-likeness (QED) is 0.431. The van der Waals surface area contributed by atoms with Crippen LogP contribution in [0.1, 0.15) is 5.56 Å². The van der Waals surface area contributed by atoms with Crippen molar-refractivity contribution in [2.24, 2.45) is 7.05 Å². The van der Waals surface area contributed by atoms with E-state index >= 15 is 0 Å². The van der Waals surface area contributed by atoms with Crippen molar-refractivity contribution in [2.45, 2.75) is 6.54 Å². The number of aromatic nitrogens is 3. The molecule has 4 rings (SSSR count). The number of fused-ring (bicyclic) bond motifs is 1. The normalized spacial score (nSPS) is 10.8. The summed E-state index contributed by atoms with van der Waals surface area (Å²) in [5.74, 6) is -0.417. The number of benzene rings is 2. The van der Waals surface area contributed by atoms with Gasteiger partial charge in [0.05, 0.1) is 0 Å². The van der Waals surface area contributed by atoms with Gasteiger partial charge in [0, 0.05) is 57.0 Å². The molecule has 0 saturated carbocycles. The van der Waals surface area contributed by atoms with Crippen LogP contribution in [0.15, 0.2) is 64.2 Å². The summed E-state index contributed by atoms with van der Waals surface area (Å²) in [5.41, 5.74) is 0.982. The summed E-state index contributed by atoms with van der Waals surface area (Å²) in [6, 6.07) is 14.7. The Balaban J connectivity index is 0.00000225. The van der Waals surface area contributed by atoms with Gasteiger partial charge >= 0.3 is 5.69 Å². The Hall–Kier alpha value is -2.02. The van der Waals surface area contributed by atoms with Gasteiger partial charge in [0.2, 0.25) is 5.56 Å². The van der Waals surface area contributed by atoms with Crippen molar-refractivity contribution in [2.75, 3.05) is 0 Å². The number of nitrogens with zero attached hydrogens (tertiary/aromatic N) is 3. The minimum atomic E-state index is -0.450. The first-order valence-corrected chi connectivity index (χ1v) is 8.57. The van der Waals surface area contributed by atoms with Gasteiger partial charge in [-0.05, 0) is 41.4 Å². The summed E-state index contributed by atoms with van der Waals surface area (Å²) >= 11 is 6.16. The maximum Gasteiger partial charge on any atom is 0.322 e. The third kappa shape index (κ3) is 3.52. The molecule has 5 nitrogen and oxygen atoms in total. The number of rotatable bonds is 3. The van der Waals surface area contributed by atoms with Gasteiger partial charge in [-0.15, -0.1) is 12.3 Å². The molecule has 0 bridgehead atoms. The molecule has 0 N–H and O–H groups in total. The minimum Gasteiger partial charge on any atom is -0.455 e. The van der Waals surface area contributed by atoms with Crippen LogP contribution in [0.3, 0.4) is 0 Å². The molecular formula is C20H14ClFN3O2Y-. The van der Waals surface area contributed by atoms with Gasteiger partial charge in [-0.1, -0.05) is 35.3 Å². The van der Waals surface area contributed by atoms with E-state index in [0.717, 1.165) is 4.57 Å². The predicted molar refractivity (Wildman–Crippen MR) is 102 cm³/mol. The molecule has 0 fully saturated rings. The van der Waals surface area contributed by atoms with E-state index in [0.29, 0.717) is 27.3 Å². The average Bonchev–Trinajstić information content (AvgIpc) is 3.07. The molecule has 139 valence electrons. The fraction of sp³-hybridized carbons (Fsp3) is 0.100. The van der Waals surface area contributed by atoms with Gasteiger partial charge in [0.1, 0.15) is 5.82 Å². The van der Waals surface area contributed by atoms with Crippen LogP contribution < -0.4 is 11.2 Å². The fourth-order valence-electron chi connectivity index (χ4n) is 3.09. The van der Waals surface area contributed by atoms with Crippen LogP contribution in [-0.4, -0.2) is 13.7 Å². The number of hydrogen-bond acceptors (Lipinski definition) is 2. The van der Waals surface area contributed by atoms with Crippen LogP contribution in [-0.2, 0) is 46.3 Å². The van der Waals surface area contributed by atoms with Crippen LogP contribution >= 0.6 is 11.6 Å². The molecule has 0 aliphatic carbocycles. The summed E-state index contributed by atoms with van der Waals surface area (Å²) in [4.78, 5) is 25.5. The van der Waals surface area contributed by atoms with Crippen molar-refractivity contribution in [3.05, 3.63) is 98.0 Å². The molecule has 0 unspecified atom stereocenters. The maximum atomic E-state index is 13.6. The Morgan fingerprint density at radius 3 is 2.54 bits per heavy atom. The van der Waals surface area contributed by atoms with Crippen LogP contribution in [0.25, 0.3) is 16.7 Å². The average molecular weight is 472 g/mol. The first-order valence-electron chi connectivity index (χ1n) is 8.19. The van der Waals surface area contributed by atoms with Crippen molar-refractivity contribution in [3.8, 4) is 5.69 Å². The monoisotopic (exact) mass is 471 g/mol. The predicted octanol–water partition coefficient (Wildman–Crippen LogP) is 3.13. The third-order valence-corrected chi connectivity index (χ3v) is 4.82. The fourth-order valence-corrected chi connectivity index (χ4v) is 3.27. The molecule has 2 aromatic heterocycles. The van der Waals surface area contributed by atoms with E-state index in [4.69, 9.17) is 11.6 Å². The second kappa shape index (κ2) is 8.15. The molecular weight excluding hydrogens is 458 g/mol. The number of hydrogen-bond donors (Lipinski definition) is 0. The Bertz CT molecular complexity index is 1280. The Morgan fingerprint density at radius 2 is 1.82 bits per heavy atom. The smallest absolute Gasteiger partial charge is 0.322 e. The van der Waals surface area contributed by atoms with Crippen molar-refractivity contribution < 1.29 is 37.1 Å². The molecule has 0 spiro atoms. The Labute approximate surface area is 189 Å². The summed E-state index contributed by atoms with van der Waals surface area (Å²) in [5, 5.41) is 0.389. The minimum absolute atomic E-state index is 0. The summed E-state index contributed by atoms with van der Waals surface area (Å²) in [7, 11) is 1.43. The zero-order valence-electron chi connectivity index (χ0n) is 14.9. The first-order chi connectivity index (χ1) is 13.0. The van der Waals surface area contributed by atoms with Crippen LogP contribution in [0.4, 0.5) is 4.39 Å². The summed E-state index contributed by atoms with van der Waals surface area (Å²) in [6.07, 6.45) is 2.98. The van der Waals surface area contributed by atoms with Crippen LogP contribution in [0, 0.1) is 12.0 Å². The largest absolute Gasteiger partial charge is 0.455 e. The van der Waals surface area contributed by atoms with Crippen LogP contribution in [0.2, 0.25) is 5.02 Å². The first kappa shape index (κ1) is 20.7. The van der Waals surface area contributed by atoms with Gasteiger partial charge in [0.15, 0.2) is 0 Å². The Morgan fingerprint density at radius 1 is 1.11 bits per heavy atom. The molecule has 1 radical (unpaired) electrons. The van der Waals surface area contributed by atoms with Gasteiger partial charge < -0.3 is 9.13 Å². The summed E-state index contributed by atoms with van der Waals surface area (Å²) in [6.45, 7) is 0.155. The molecule has 2 aromatic carbocycles. The molecule has 28 heavy (non-hydrogen) atoms. The van der Waals surface area contributed by atoms with E-state index in [1.54, 1.807) is 22.8 Å². The Kier molecular flexibility index (Phi) is 6.03. The molecule has 0 aliphatic rings. The standard InChI is InChI=1S/C20H14ClFN3O2.Y/c1-23-19(26)18-17(25(20(23)27)15-5-3-2-4-6-15)9-10-24(18)12-13-11-14(22)7-8-16(13)21;/h2-9,11H,12H2,1H3;/q-1;. The van der Waals surface area contributed by atoms with Gasteiger partial charge in [0.25, 0.3) is 0 Å². The van der Waals surface area contributed by atoms with Gasteiger partial charge in [-0.25, -0.2) is 9.18 Å². The molecule has 0 aliphatic heterocycles. The van der Waals surface area contributed by atoms with E-state index in [2.05, 4.69) is 6.20 Å². The van der Waals surface area contributed by atoms with E-state index in [1.165, 1.54) is 29.8 Å². The zero-order valence-corrected chi connectivity index (χ0v) is 18.5. The molecule has 0 saturated heterocycles. The molecule has 0 amide bonds. The van der Waals surface area contributed by atoms with E-state index in [1.807, 2.05) is 18.2 Å². The van der Waals surface area contributed by atoms with Crippen LogP contribution in [0.5, 0.6) is 0 Å². The maximum absolute atomic E-state index is 13.6. The van der Waals surface area contributed by atoms with Crippen molar-refractivity contribution in [3.63, 3.8) is 0 Å². The van der Waals surface area contributed by atoms with E-state index < -0.39 is 17.1 Å². The van der Waals surface area contributed by atoms with Crippen molar-refractivity contribution >= 4 is 22.6 Å². The SMILES string of the molecule is Cn1c(=O)c2c(c[c-]n2Cc2cc(F)ccc2Cl)n(-c2ccccc2)c1=O.[Y]. The summed E-state index contributed by atoms with van der Waals surface area (Å²) < 4.78 is 17.6. The second-order valence-corrected chi connectivity index (χ2v) is 6.55. The number of para-hydroxylation sites is 1. The molecule has 2 heterocycles. The second-order valence-electron chi connectivity index (χ2n) is 6.15. The topological polar surface area (TPSA) is 48.9 Å². The number of halogens is 2. The van der Waals surface area contributed by atoms with E-state index in [9.17, 15) is 14.0 Å². The zero-order chi connectivity index (χ0) is 19.1. The molecule has 4 aromatic rings. The molecule has 8 heteroatoms. The van der Waals surface area contributed by atoms with Crippen molar-refractivity contribution in [1.82, 2.24) is 13.7 Å². The van der Waals surface area contributed by atoms with Crippen molar-refractivity contribution in [1.29, 1.82) is 0 Å². The van der Waals surface area contributed by atoms with Gasteiger partial charge in [-0.2, -0.15) is 0 Å². The van der Waals surface area contributed by atoms with Gasteiger partial charge in [-0.3, -0.25) is 9.36 Å². The van der Waals surface area contributed by atoms with E-state index in [-0.39, 0.29) is 39.3 Å².